The second-order valence-corrected chi connectivity index (χ2v) is 3.52. The van der Waals surface area contributed by atoms with E-state index in [9.17, 15) is 4.79 Å². The Labute approximate surface area is 72.3 Å². The maximum absolute atomic E-state index is 11.3. The molecule has 2 rings (SSSR count). The third-order valence-corrected chi connectivity index (χ3v) is 2.78. The van der Waals surface area contributed by atoms with Crippen LogP contribution in [0.4, 0.5) is 0 Å². The second-order valence-electron chi connectivity index (χ2n) is 3.52. The van der Waals surface area contributed by atoms with E-state index < -0.39 is 0 Å². The van der Waals surface area contributed by atoms with Gasteiger partial charge in [-0.25, -0.2) is 0 Å². The van der Waals surface area contributed by atoms with Crippen LogP contribution in [-0.2, 0) is 4.79 Å². The minimum atomic E-state index is 0.0610. The van der Waals surface area contributed by atoms with Gasteiger partial charge in [-0.05, 0) is 6.92 Å². The van der Waals surface area contributed by atoms with E-state index in [4.69, 9.17) is 0 Å². The van der Waals surface area contributed by atoms with Gasteiger partial charge >= 0.3 is 0 Å². The van der Waals surface area contributed by atoms with Gasteiger partial charge < -0.3 is 10.6 Å². The lowest BCUT2D eigenvalue weighted by Gasteiger charge is -2.43. The van der Waals surface area contributed by atoms with E-state index in [2.05, 4.69) is 15.5 Å². The zero-order chi connectivity index (χ0) is 8.55. The lowest BCUT2D eigenvalue weighted by Crippen LogP contribution is -2.65. The number of hydrogen-bond donors (Lipinski definition) is 2. The number of nitrogens with one attached hydrogen (secondary N) is 2. The van der Waals surface area contributed by atoms with Crippen molar-refractivity contribution in [3.8, 4) is 0 Å². The van der Waals surface area contributed by atoms with Crippen LogP contribution in [-0.4, -0.2) is 49.1 Å². The fourth-order valence-electron chi connectivity index (χ4n) is 1.81. The van der Waals surface area contributed by atoms with Crippen molar-refractivity contribution in [2.45, 2.75) is 19.0 Å². The summed E-state index contributed by atoms with van der Waals surface area (Å²) in [6.07, 6.45) is 0. The Morgan fingerprint density at radius 2 is 2.25 bits per heavy atom. The van der Waals surface area contributed by atoms with Gasteiger partial charge in [-0.1, -0.05) is 0 Å². The Balaban J connectivity index is 1.98. The first kappa shape index (κ1) is 8.01. The highest BCUT2D eigenvalue weighted by Crippen LogP contribution is 2.11. The summed E-state index contributed by atoms with van der Waals surface area (Å²) < 4.78 is 0. The molecule has 0 aliphatic carbocycles. The molecule has 2 N–H and O–H groups in total. The molecule has 1 unspecified atom stereocenters. The summed E-state index contributed by atoms with van der Waals surface area (Å²) in [6, 6.07) is 0.650. The minimum Gasteiger partial charge on any atom is -0.353 e. The van der Waals surface area contributed by atoms with Gasteiger partial charge in [0.15, 0.2) is 0 Å². The third-order valence-electron chi connectivity index (χ3n) is 2.78. The molecule has 1 atom stereocenters. The molecular formula is C8H15N3O. The van der Waals surface area contributed by atoms with Crippen LogP contribution < -0.4 is 10.6 Å². The van der Waals surface area contributed by atoms with Crippen molar-refractivity contribution in [3.63, 3.8) is 0 Å². The minimum absolute atomic E-state index is 0.0610. The number of piperazine rings is 1. The lowest BCUT2D eigenvalue weighted by atomic mass is 10.1. The topological polar surface area (TPSA) is 44.4 Å². The number of nitrogens with zero attached hydrogens (tertiary/aromatic N) is 1. The molecule has 2 aliphatic rings. The molecule has 0 aromatic carbocycles. The molecule has 0 radical (unpaired) electrons. The first-order chi connectivity index (χ1) is 5.79. The van der Waals surface area contributed by atoms with Crippen molar-refractivity contribution >= 4 is 5.91 Å². The summed E-state index contributed by atoms with van der Waals surface area (Å²) in [7, 11) is 0. The molecule has 2 aliphatic heterocycles. The maximum atomic E-state index is 11.3. The number of carbonyl (C=O) groups is 1. The molecule has 4 nitrogen and oxygen atoms in total. The van der Waals surface area contributed by atoms with Gasteiger partial charge in [0, 0.05) is 32.2 Å². The van der Waals surface area contributed by atoms with E-state index in [1.54, 1.807) is 0 Å². The van der Waals surface area contributed by atoms with Gasteiger partial charge in [-0.2, -0.15) is 0 Å². The maximum Gasteiger partial charge on any atom is 0.237 e. The van der Waals surface area contributed by atoms with Gasteiger partial charge in [0.2, 0.25) is 5.91 Å². The number of carbonyl (C=O) groups excluding carboxylic acids is 1. The van der Waals surface area contributed by atoms with Gasteiger partial charge in [0.1, 0.15) is 0 Å². The van der Waals surface area contributed by atoms with Crippen LogP contribution in [0.2, 0.25) is 0 Å². The second kappa shape index (κ2) is 3.03. The zero-order valence-corrected chi connectivity index (χ0v) is 7.34. The Kier molecular flexibility index (Phi) is 2.02. The molecule has 0 spiro atoms. The highest BCUT2D eigenvalue weighted by Gasteiger charge is 2.33. The monoisotopic (exact) mass is 169 g/mol. The summed E-state index contributed by atoms with van der Waals surface area (Å²) in [5.74, 6) is 0.174. The van der Waals surface area contributed by atoms with E-state index in [0.29, 0.717) is 6.04 Å². The molecule has 2 heterocycles. The van der Waals surface area contributed by atoms with E-state index in [1.165, 1.54) is 0 Å². The van der Waals surface area contributed by atoms with Crippen molar-refractivity contribution in [2.24, 2.45) is 0 Å². The van der Waals surface area contributed by atoms with Gasteiger partial charge in [-0.3, -0.25) is 9.69 Å². The number of amides is 1. The van der Waals surface area contributed by atoms with Gasteiger partial charge in [0.05, 0.1) is 6.04 Å². The number of hydrogen-bond acceptors (Lipinski definition) is 3. The molecule has 0 saturated carbocycles. The lowest BCUT2D eigenvalue weighted by molar-refractivity contribution is -0.130. The van der Waals surface area contributed by atoms with Crippen LogP contribution in [0.5, 0.6) is 0 Å². The van der Waals surface area contributed by atoms with E-state index in [-0.39, 0.29) is 11.9 Å². The van der Waals surface area contributed by atoms with Crippen LogP contribution in [0.15, 0.2) is 0 Å². The van der Waals surface area contributed by atoms with E-state index >= 15 is 0 Å². The molecule has 4 heteroatoms. The molecule has 12 heavy (non-hydrogen) atoms. The predicted octanol–water partition coefficient (Wildman–Crippen LogP) is -1.22. The summed E-state index contributed by atoms with van der Waals surface area (Å²) in [6.45, 7) is 5.86. The SMILES string of the molecule is CC1C(=O)NCCN1C1CNC1. The molecule has 0 bridgehead atoms. The van der Waals surface area contributed by atoms with Gasteiger partial charge in [-0.15, -0.1) is 0 Å². The predicted molar refractivity (Wildman–Crippen MR) is 45.8 cm³/mol. The normalized spacial score (nSPS) is 32.8. The molecule has 0 aromatic rings. The van der Waals surface area contributed by atoms with Crippen LogP contribution in [0.3, 0.4) is 0 Å². The molecule has 2 saturated heterocycles. The largest absolute Gasteiger partial charge is 0.353 e. The van der Waals surface area contributed by atoms with Crippen molar-refractivity contribution in [1.82, 2.24) is 15.5 Å². The van der Waals surface area contributed by atoms with Crippen LogP contribution >= 0.6 is 0 Å². The Morgan fingerprint density at radius 3 is 2.83 bits per heavy atom. The summed E-state index contributed by atoms with van der Waals surface area (Å²) in [4.78, 5) is 13.6. The smallest absolute Gasteiger partial charge is 0.237 e. The van der Waals surface area contributed by atoms with Crippen molar-refractivity contribution < 1.29 is 4.79 Å². The quantitative estimate of drug-likeness (QED) is 0.517. The first-order valence-electron chi connectivity index (χ1n) is 4.53. The van der Waals surface area contributed by atoms with Crippen LogP contribution in [0.25, 0.3) is 0 Å². The Morgan fingerprint density at radius 1 is 1.50 bits per heavy atom. The highest BCUT2D eigenvalue weighted by molar-refractivity contribution is 5.82. The Bertz CT molecular complexity index is 191. The van der Waals surface area contributed by atoms with Crippen molar-refractivity contribution in [1.29, 1.82) is 0 Å². The summed E-state index contributed by atoms with van der Waals surface area (Å²) >= 11 is 0. The van der Waals surface area contributed by atoms with Crippen molar-refractivity contribution in [3.05, 3.63) is 0 Å². The molecule has 0 aromatic heterocycles. The summed E-state index contributed by atoms with van der Waals surface area (Å²) in [5, 5.41) is 6.08. The van der Waals surface area contributed by atoms with Crippen LogP contribution in [0, 0.1) is 0 Å². The highest BCUT2D eigenvalue weighted by atomic mass is 16.2. The molecular weight excluding hydrogens is 154 g/mol. The average Bonchev–Trinajstić information content (AvgIpc) is 1.95. The standard InChI is InChI=1S/C8H15N3O/c1-6-8(12)10-2-3-11(6)7-4-9-5-7/h6-7,9H,2-5H2,1H3,(H,10,12). The van der Waals surface area contributed by atoms with E-state index in [0.717, 1.165) is 26.2 Å². The molecule has 68 valence electrons. The summed E-state index contributed by atoms with van der Waals surface area (Å²) in [5.41, 5.74) is 0. The average molecular weight is 169 g/mol. The molecule has 1 amide bonds. The third kappa shape index (κ3) is 1.21. The van der Waals surface area contributed by atoms with Gasteiger partial charge in [0.25, 0.3) is 0 Å². The Hall–Kier alpha value is -0.610. The van der Waals surface area contributed by atoms with Crippen LogP contribution in [0.1, 0.15) is 6.92 Å². The fraction of sp³-hybridized carbons (Fsp3) is 0.875. The van der Waals surface area contributed by atoms with E-state index in [1.807, 2.05) is 6.92 Å². The first-order valence-corrected chi connectivity index (χ1v) is 4.53. The number of rotatable bonds is 1. The fourth-order valence-corrected chi connectivity index (χ4v) is 1.81. The zero-order valence-electron chi connectivity index (χ0n) is 7.34. The van der Waals surface area contributed by atoms with Crippen molar-refractivity contribution in [2.75, 3.05) is 26.2 Å². The molecule has 2 fully saturated rings.